The minimum atomic E-state index is -0.195. The van der Waals surface area contributed by atoms with Gasteiger partial charge >= 0.3 is 5.97 Å². The lowest BCUT2D eigenvalue weighted by Crippen LogP contribution is -2.41. The molecule has 3 nitrogen and oxygen atoms in total. The lowest BCUT2D eigenvalue weighted by molar-refractivity contribution is -0.134. The Kier molecular flexibility index (Phi) is 2.87. The van der Waals surface area contributed by atoms with E-state index in [-0.39, 0.29) is 5.97 Å². The van der Waals surface area contributed by atoms with Gasteiger partial charge in [0.25, 0.3) is 0 Å². The van der Waals surface area contributed by atoms with Gasteiger partial charge in [-0.1, -0.05) is 5.57 Å². The summed E-state index contributed by atoms with van der Waals surface area (Å²) in [5, 5.41) is 0. The lowest BCUT2D eigenvalue weighted by atomic mass is 9.84. The van der Waals surface area contributed by atoms with Crippen molar-refractivity contribution in [3.63, 3.8) is 0 Å². The summed E-state index contributed by atoms with van der Waals surface area (Å²) in [4.78, 5) is 13.6. The molecule has 2 heterocycles. The van der Waals surface area contributed by atoms with E-state index < -0.39 is 0 Å². The van der Waals surface area contributed by atoms with Crippen molar-refractivity contribution in [2.24, 2.45) is 5.92 Å². The summed E-state index contributed by atoms with van der Waals surface area (Å²) < 4.78 is 4.66. The van der Waals surface area contributed by atoms with Gasteiger partial charge in [-0.25, -0.2) is 4.79 Å². The molecule has 2 fully saturated rings. The highest BCUT2D eigenvalue weighted by molar-refractivity contribution is 5.82. The molecule has 2 atom stereocenters. The van der Waals surface area contributed by atoms with E-state index in [9.17, 15) is 4.79 Å². The third kappa shape index (κ3) is 1.98. The van der Waals surface area contributed by atoms with Crippen LogP contribution in [0.25, 0.3) is 0 Å². The Hall–Kier alpha value is -0.830. The van der Waals surface area contributed by atoms with E-state index in [0.717, 1.165) is 19.5 Å². The fourth-order valence-electron chi connectivity index (χ4n) is 2.45. The molecule has 0 aromatic heterocycles. The molecule has 2 aliphatic heterocycles. The van der Waals surface area contributed by atoms with E-state index in [0.29, 0.717) is 5.92 Å². The number of fused-ring (bicyclic) bond motifs is 2. The molecule has 2 bridgehead atoms. The minimum absolute atomic E-state index is 0.195. The summed E-state index contributed by atoms with van der Waals surface area (Å²) in [6.07, 6.45) is 5.25. The summed E-state index contributed by atoms with van der Waals surface area (Å²) in [7, 11) is 1.44. The molecular weight excluding hydrogens is 178 g/mol. The average molecular weight is 195 g/mol. The number of esters is 1. The zero-order chi connectivity index (χ0) is 9.97. The van der Waals surface area contributed by atoms with Crippen LogP contribution in [-0.2, 0) is 9.53 Å². The Morgan fingerprint density at radius 2 is 2.43 bits per heavy atom. The highest BCUT2D eigenvalue weighted by atomic mass is 16.5. The molecule has 2 rings (SSSR count). The Labute approximate surface area is 84.7 Å². The van der Waals surface area contributed by atoms with Gasteiger partial charge in [-0.05, 0) is 31.7 Å². The number of nitrogens with zero attached hydrogens (tertiary/aromatic N) is 1. The van der Waals surface area contributed by atoms with Crippen molar-refractivity contribution in [2.75, 3.05) is 26.7 Å². The van der Waals surface area contributed by atoms with Crippen LogP contribution < -0.4 is 0 Å². The van der Waals surface area contributed by atoms with Crippen molar-refractivity contribution >= 4 is 5.97 Å². The zero-order valence-electron chi connectivity index (χ0n) is 8.66. The van der Waals surface area contributed by atoms with Crippen molar-refractivity contribution in [1.82, 2.24) is 4.90 Å². The van der Waals surface area contributed by atoms with Crippen LogP contribution in [0, 0.1) is 5.92 Å². The molecule has 0 aromatic rings. The van der Waals surface area contributed by atoms with Gasteiger partial charge < -0.3 is 9.64 Å². The summed E-state index contributed by atoms with van der Waals surface area (Å²) in [5.74, 6) is 0.413. The SMILES string of the molecule is COC(=O)/C=C1/CCN2CCCC1C2. The first kappa shape index (κ1) is 9.71. The smallest absolute Gasteiger partial charge is 0.330 e. The second kappa shape index (κ2) is 4.13. The zero-order valence-corrected chi connectivity index (χ0v) is 8.66. The van der Waals surface area contributed by atoms with Crippen molar-refractivity contribution in [3.05, 3.63) is 11.6 Å². The maximum Gasteiger partial charge on any atom is 0.330 e. The van der Waals surface area contributed by atoms with E-state index in [4.69, 9.17) is 0 Å². The summed E-state index contributed by atoms with van der Waals surface area (Å²) in [6, 6.07) is 0. The highest BCUT2D eigenvalue weighted by Crippen LogP contribution is 2.30. The molecule has 0 amide bonds. The number of rotatable bonds is 1. The summed E-state index contributed by atoms with van der Waals surface area (Å²) in [5.41, 5.74) is 1.30. The molecule has 2 unspecified atom stereocenters. The van der Waals surface area contributed by atoms with E-state index in [2.05, 4.69) is 9.64 Å². The third-order valence-corrected chi connectivity index (χ3v) is 3.25. The molecule has 2 saturated heterocycles. The number of ether oxygens (including phenoxy) is 1. The van der Waals surface area contributed by atoms with Crippen LogP contribution in [0.15, 0.2) is 11.6 Å². The molecular formula is C11H17NO2. The molecule has 0 aromatic carbocycles. The van der Waals surface area contributed by atoms with Crippen molar-refractivity contribution in [3.8, 4) is 0 Å². The first-order valence-electron chi connectivity index (χ1n) is 5.30. The van der Waals surface area contributed by atoms with Gasteiger partial charge in [0.05, 0.1) is 7.11 Å². The Morgan fingerprint density at radius 1 is 1.57 bits per heavy atom. The molecule has 3 heteroatoms. The topological polar surface area (TPSA) is 29.5 Å². The Balaban J connectivity index is 2.05. The number of hydrogen-bond acceptors (Lipinski definition) is 3. The van der Waals surface area contributed by atoms with Gasteiger partial charge in [-0.15, -0.1) is 0 Å². The summed E-state index contributed by atoms with van der Waals surface area (Å²) in [6.45, 7) is 3.49. The molecule has 0 spiro atoms. The van der Waals surface area contributed by atoms with Crippen LogP contribution in [0.4, 0.5) is 0 Å². The second-order valence-electron chi connectivity index (χ2n) is 4.13. The van der Waals surface area contributed by atoms with Crippen LogP contribution in [0.5, 0.6) is 0 Å². The molecule has 78 valence electrons. The fraction of sp³-hybridized carbons (Fsp3) is 0.727. The van der Waals surface area contributed by atoms with Crippen molar-refractivity contribution < 1.29 is 9.53 Å². The van der Waals surface area contributed by atoms with Crippen molar-refractivity contribution in [2.45, 2.75) is 19.3 Å². The molecule has 0 saturated carbocycles. The van der Waals surface area contributed by atoms with Crippen LogP contribution >= 0.6 is 0 Å². The summed E-state index contributed by atoms with van der Waals surface area (Å²) >= 11 is 0. The van der Waals surface area contributed by atoms with Gasteiger partial charge in [0.2, 0.25) is 0 Å². The van der Waals surface area contributed by atoms with E-state index in [1.165, 1.54) is 32.1 Å². The Bertz CT molecular complexity index is 260. The molecule has 0 N–H and O–H groups in total. The van der Waals surface area contributed by atoms with Crippen LogP contribution in [0.2, 0.25) is 0 Å². The number of methoxy groups -OCH3 is 1. The average Bonchev–Trinajstić information content (AvgIpc) is 2.23. The van der Waals surface area contributed by atoms with Crippen molar-refractivity contribution in [1.29, 1.82) is 0 Å². The number of hydrogen-bond donors (Lipinski definition) is 0. The van der Waals surface area contributed by atoms with Gasteiger partial charge in [0, 0.05) is 19.2 Å². The quantitative estimate of drug-likeness (QED) is 0.465. The molecule has 0 radical (unpaired) electrons. The normalized spacial score (nSPS) is 34.2. The van der Waals surface area contributed by atoms with Gasteiger partial charge in [0.15, 0.2) is 0 Å². The Morgan fingerprint density at radius 3 is 3.21 bits per heavy atom. The predicted octanol–water partition coefficient (Wildman–Crippen LogP) is 1.20. The first-order valence-corrected chi connectivity index (χ1v) is 5.30. The van der Waals surface area contributed by atoms with E-state index in [1.54, 1.807) is 6.08 Å². The molecule has 0 aliphatic carbocycles. The number of piperidine rings is 2. The number of carbonyl (C=O) groups is 1. The lowest BCUT2D eigenvalue weighted by Gasteiger charge is -2.39. The largest absolute Gasteiger partial charge is 0.466 e. The van der Waals surface area contributed by atoms with E-state index in [1.807, 2.05) is 0 Å². The van der Waals surface area contributed by atoms with Gasteiger partial charge in [-0.3, -0.25) is 0 Å². The van der Waals surface area contributed by atoms with Gasteiger partial charge in [0.1, 0.15) is 0 Å². The third-order valence-electron chi connectivity index (χ3n) is 3.25. The predicted molar refractivity (Wildman–Crippen MR) is 53.9 cm³/mol. The standard InChI is InChI=1S/C11H17NO2/c1-14-11(13)7-9-4-6-12-5-2-3-10(9)8-12/h7,10H,2-6,8H2,1H3/b9-7-. The van der Waals surface area contributed by atoms with Crippen LogP contribution in [0.1, 0.15) is 19.3 Å². The second-order valence-corrected chi connectivity index (χ2v) is 4.13. The molecule has 2 aliphatic rings. The highest BCUT2D eigenvalue weighted by Gasteiger charge is 2.27. The number of carbonyl (C=O) groups excluding carboxylic acids is 1. The maximum absolute atomic E-state index is 11.1. The fourth-order valence-corrected chi connectivity index (χ4v) is 2.45. The molecule has 14 heavy (non-hydrogen) atoms. The minimum Gasteiger partial charge on any atom is -0.466 e. The first-order chi connectivity index (χ1) is 6.79. The van der Waals surface area contributed by atoms with Crippen LogP contribution in [-0.4, -0.2) is 37.6 Å². The monoisotopic (exact) mass is 195 g/mol. The van der Waals surface area contributed by atoms with Crippen LogP contribution in [0.3, 0.4) is 0 Å². The van der Waals surface area contributed by atoms with E-state index >= 15 is 0 Å². The van der Waals surface area contributed by atoms with Gasteiger partial charge in [-0.2, -0.15) is 0 Å². The maximum atomic E-state index is 11.1.